The minimum absolute atomic E-state index is 0.0469. The molecule has 0 unspecified atom stereocenters. The van der Waals surface area contributed by atoms with Gasteiger partial charge >= 0.3 is 0 Å². The van der Waals surface area contributed by atoms with Crippen LogP contribution in [0.25, 0.3) is 11.5 Å². The van der Waals surface area contributed by atoms with E-state index in [1.165, 1.54) is 0 Å². The lowest BCUT2D eigenvalue weighted by atomic mass is 10.1. The smallest absolute Gasteiger partial charge is 0.249 e. The van der Waals surface area contributed by atoms with Gasteiger partial charge in [0, 0.05) is 32.1 Å². The molecule has 0 N–H and O–H groups in total. The van der Waals surface area contributed by atoms with Crippen LogP contribution in [0.3, 0.4) is 0 Å². The van der Waals surface area contributed by atoms with E-state index in [4.69, 9.17) is 16.0 Å². The molecule has 128 valence electrons. The maximum Gasteiger partial charge on any atom is 0.249 e. The van der Waals surface area contributed by atoms with E-state index in [0.29, 0.717) is 23.3 Å². The minimum atomic E-state index is 0.0469. The van der Waals surface area contributed by atoms with Crippen molar-refractivity contribution in [2.75, 3.05) is 26.2 Å². The molecule has 1 aliphatic heterocycles. The number of amides is 1. The SMILES string of the molecule is CC(C)C(=O)N1CCN(Cc2nnc(-c3ccccc3Cl)o2)CC1. The van der Waals surface area contributed by atoms with Crippen molar-refractivity contribution in [1.82, 2.24) is 20.0 Å². The average Bonchev–Trinajstić information content (AvgIpc) is 3.03. The molecule has 0 spiro atoms. The summed E-state index contributed by atoms with van der Waals surface area (Å²) in [6.45, 7) is 7.55. The molecule has 0 atom stereocenters. The van der Waals surface area contributed by atoms with E-state index < -0.39 is 0 Å². The van der Waals surface area contributed by atoms with Gasteiger partial charge in [-0.2, -0.15) is 0 Å². The number of hydrogen-bond donors (Lipinski definition) is 0. The van der Waals surface area contributed by atoms with Crippen molar-refractivity contribution in [3.05, 3.63) is 35.2 Å². The van der Waals surface area contributed by atoms with E-state index in [2.05, 4.69) is 15.1 Å². The number of halogens is 1. The van der Waals surface area contributed by atoms with Crippen molar-refractivity contribution in [2.24, 2.45) is 5.92 Å². The molecule has 7 heteroatoms. The first kappa shape index (κ1) is 16.9. The second-order valence-corrected chi connectivity index (χ2v) is 6.64. The zero-order valence-electron chi connectivity index (χ0n) is 13.9. The Morgan fingerprint density at radius 2 is 1.92 bits per heavy atom. The van der Waals surface area contributed by atoms with Crippen LogP contribution in [0.2, 0.25) is 5.02 Å². The van der Waals surface area contributed by atoms with E-state index in [9.17, 15) is 4.79 Å². The topological polar surface area (TPSA) is 62.5 Å². The van der Waals surface area contributed by atoms with Crippen LogP contribution in [0.15, 0.2) is 28.7 Å². The molecule has 1 aromatic carbocycles. The molecule has 1 fully saturated rings. The molecule has 0 aliphatic carbocycles. The number of hydrogen-bond acceptors (Lipinski definition) is 5. The molecule has 1 aromatic heterocycles. The Balaban J connectivity index is 1.59. The van der Waals surface area contributed by atoms with Gasteiger partial charge in [-0.3, -0.25) is 9.69 Å². The van der Waals surface area contributed by atoms with Crippen LogP contribution in [0.4, 0.5) is 0 Å². The summed E-state index contributed by atoms with van der Waals surface area (Å²) in [5.74, 6) is 1.26. The number of nitrogens with zero attached hydrogens (tertiary/aromatic N) is 4. The summed E-state index contributed by atoms with van der Waals surface area (Å²) in [6, 6.07) is 7.40. The summed E-state index contributed by atoms with van der Waals surface area (Å²) in [4.78, 5) is 16.1. The highest BCUT2D eigenvalue weighted by Gasteiger charge is 2.24. The van der Waals surface area contributed by atoms with Crippen LogP contribution in [0.5, 0.6) is 0 Å². The molecule has 0 radical (unpaired) electrons. The lowest BCUT2D eigenvalue weighted by Gasteiger charge is -2.34. The molecule has 2 aromatic rings. The fourth-order valence-corrected chi connectivity index (χ4v) is 2.96. The number of aromatic nitrogens is 2. The molecule has 1 aliphatic rings. The van der Waals surface area contributed by atoms with Crippen molar-refractivity contribution < 1.29 is 9.21 Å². The predicted molar refractivity (Wildman–Crippen MR) is 91.4 cm³/mol. The fourth-order valence-electron chi connectivity index (χ4n) is 2.74. The van der Waals surface area contributed by atoms with Crippen LogP contribution in [0, 0.1) is 5.92 Å². The van der Waals surface area contributed by atoms with Crippen molar-refractivity contribution >= 4 is 17.5 Å². The van der Waals surface area contributed by atoms with Gasteiger partial charge in [-0.05, 0) is 12.1 Å². The third-order valence-electron chi connectivity index (χ3n) is 4.11. The lowest BCUT2D eigenvalue weighted by Crippen LogP contribution is -2.49. The highest BCUT2D eigenvalue weighted by Crippen LogP contribution is 2.26. The standard InChI is InChI=1S/C17H21ClN4O2/c1-12(2)17(23)22-9-7-21(8-10-22)11-15-19-20-16(24-15)13-5-3-4-6-14(13)18/h3-6,12H,7-11H2,1-2H3. The Morgan fingerprint density at radius 1 is 1.21 bits per heavy atom. The Labute approximate surface area is 146 Å². The molecule has 1 amide bonds. The van der Waals surface area contributed by atoms with E-state index in [-0.39, 0.29) is 11.8 Å². The zero-order chi connectivity index (χ0) is 17.1. The summed E-state index contributed by atoms with van der Waals surface area (Å²) >= 11 is 6.16. The third kappa shape index (κ3) is 3.76. The summed E-state index contributed by atoms with van der Waals surface area (Å²) < 4.78 is 5.74. The van der Waals surface area contributed by atoms with Gasteiger partial charge in [0.1, 0.15) is 0 Å². The Bertz CT molecular complexity index is 708. The number of benzene rings is 1. The summed E-state index contributed by atoms with van der Waals surface area (Å²) in [6.07, 6.45) is 0. The molecule has 0 bridgehead atoms. The lowest BCUT2D eigenvalue weighted by molar-refractivity contribution is -0.136. The number of piperazine rings is 1. The van der Waals surface area contributed by atoms with Crippen molar-refractivity contribution in [3.63, 3.8) is 0 Å². The van der Waals surface area contributed by atoms with Gasteiger partial charge in [-0.15, -0.1) is 10.2 Å². The van der Waals surface area contributed by atoms with Crippen LogP contribution in [-0.4, -0.2) is 52.1 Å². The Kier molecular flexibility index (Phi) is 5.16. The van der Waals surface area contributed by atoms with Gasteiger partial charge in [0.2, 0.25) is 17.7 Å². The molecule has 2 heterocycles. The van der Waals surface area contributed by atoms with Gasteiger partial charge < -0.3 is 9.32 Å². The van der Waals surface area contributed by atoms with Crippen LogP contribution >= 0.6 is 11.6 Å². The predicted octanol–water partition coefficient (Wildman–Crippen LogP) is 2.69. The molecular formula is C17H21ClN4O2. The van der Waals surface area contributed by atoms with Crippen molar-refractivity contribution in [2.45, 2.75) is 20.4 Å². The largest absolute Gasteiger partial charge is 0.419 e. The summed E-state index contributed by atoms with van der Waals surface area (Å²) in [7, 11) is 0. The Hall–Kier alpha value is -1.92. The van der Waals surface area contributed by atoms with Crippen molar-refractivity contribution in [3.8, 4) is 11.5 Å². The van der Waals surface area contributed by atoms with Gasteiger partial charge in [0.25, 0.3) is 0 Å². The quantitative estimate of drug-likeness (QED) is 0.850. The third-order valence-corrected chi connectivity index (χ3v) is 4.44. The second kappa shape index (κ2) is 7.32. The van der Waals surface area contributed by atoms with E-state index in [1.54, 1.807) is 6.07 Å². The minimum Gasteiger partial charge on any atom is -0.419 e. The van der Waals surface area contributed by atoms with Gasteiger partial charge in [0.05, 0.1) is 17.1 Å². The van der Waals surface area contributed by atoms with Crippen LogP contribution in [-0.2, 0) is 11.3 Å². The maximum absolute atomic E-state index is 12.0. The van der Waals surface area contributed by atoms with Gasteiger partial charge in [-0.1, -0.05) is 37.6 Å². The molecular weight excluding hydrogens is 328 g/mol. The van der Waals surface area contributed by atoms with Crippen LogP contribution in [0.1, 0.15) is 19.7 Å². The first-order valence-corrected chi connectivity index (χ1v) is 8.51. The number of rotatable bonds is 4. The van der Waals surface area contributed by atoms with E-state index in [0.717, 1.165) is 31.7 Å². The maximum atomic E-state index is 12.0. The zero-order valence-corrected chi connectivity index (χ0v) is 14.7. The Morgan fingerprint density at radius 3 is 2.58 bits per heavy atom. The first-order valence-electron chi connectivity index (χ1n) is 8.13. The van der Waals surface area contributed by atoms with Gasteiger partial charge in [0.15, 0.2) is 0 Å². The van der Waals surface area contributed by atoms with Crippen molar-refractivity contribution in [1.29, 1.82) is 0 Å². The van der Waals surface area contributed by atoms with E-state index >= 15 is 0 Å². The molecule has 0 saturated carbocycles. The molecule has 24 heavy (non-hydrogen) atoms. The number of carbonyl (C=O) groups excluding carboxylic acids is 1. The van der Waals surface area contributed by atoms with Crippen LogP contribution < -0.4 is 0 Å². The average molecular weight is 349 g/mol. The molecule has 1 saturated heterocycles. The monoisotopic (exact) mass is 348 g/mol. The highest BCUT2D eigenvalue weighted by molar-refractivity contribution is 6.33. The fraction of sp³-hybridized carbons (Fsp3) is 0.471. The summed E-state index contributed by atoms with van der Waals surface area (Å²) in [5, 5.41) is 8.79. The normalized spacial score (nSPS) is 15.9. The van der Waals surface area contributed by atoms with E-state index in [1.807, 2.05) is 36.9 Å². The first-order chi connectivity index (χ1) is 11.5. The molecule has 3 rings (SSSR count). The van der Waals surface area contributed by atoms with Gasteiger partial charge in [-0.25, -0.2) is 0 Å². The highest BCUT2D eigenvalue weighted by atomic mass is 35.5. The number of carbonyl (C=O) groups is 1. The summed E-state index contributed by atoms with van der Waals surface area (Å²) in [5.41, 5.74) is 0.741. The second-order valence-electron chi connectivity index (χ2n) is 6.24. The molecule has 6 nitrogen and oxygen atoms in total.